The van der Waals surface area contributed by atoms with Crippen molar-refractivity contribution < 1.29 is 9.59 Å². The van der Waals surface area contributed by atoms with Gasteiger partial charge in [-0.3, -0.25) is 9.59 Å². The molecule has 0 spiro atoms. The Morgan fingerprint density at radius 3 is 2.53 bits per heavy atom. The van der Waals surface area contributed by atoms with Gasteiger partial charge < -0.3 is 10.2 Å². The SMILES string of the molecule is CC(=O)N1CCC(c2nncc3cc(-c4cc(C(=O)NC5CC5)ccc4C)ccc23)CC1. The number of nitrogens with zero attached hydrogens (tertiary/aromatic N) is 3. The van der Waals surface area contributed by atoms with E-state index >= 15 is 0 Å². The van der Waals surface area contributed by atoms with Crippen molar-refractivity contribution in [3.05, 3.63) is 59.4 Å². The van der Waals surface area contributed by atoms with Crippen LogP contribution < -0.4 is 5.32 Å². The zero-order chi connectivity index (χ0) is 22.2. The Morgan fingerprint density at radius 2 is 1.81 bits per heavy atom. The third-order valence-corrected chi connectivity index (χ3v) is 6.74. The van der Waals surface area contributed by atoms with Gasteiger partial charge in [0.1, 0.15) is 0 Å². The summed E-state index contributed by atoms with van der Waals surface area (Å²) in [5.74, 6) is 0.448. The lowest BCUT2D eigenvalue weighted by Gasteiger charge is -2.31. The van der Waals surface area contributed by atoms with Gasteiger partial charge in [0.25, 0.3) is 5.91 Å². The van der Waals surface area contributed by atoms with E-state index in [-0.39, 0.29) is 11.8 Å². The lowest BCUT2D eigenvalue weighted by Crippen LogP contribution is -2.36. The van der Waals surface area contributed by atoms with Crippen LogP contribution >= 0.6 is 0 Å². The predicted octanol–water partition coefficient (Wildman–Crippen LogP) is 4.22. The second-order valence-electron chi connectivity index (χ2n) is 9.09. The van der Waals surface area contributed by atoms with Gasteiger partial charge in [-0.05, 0) is 67.5 Å². The highest BCUT2D eigenvalue weighted by molar-refractivity contribution is 5.97. The smallest absolute Gasteiger partial charge is 0.251 e. The zero-order valence-electron chi connectivity index (χ0n) is 18.6. The van der Waals surface area contributed by atoms with Crippen molar-refractivity contribution in [2.45, 2.75) is 51.5 Å². The minimum atomic E-state index is -0.000375. The van der Waals surface area contributed by atoms with E-state index in [4.69, 9.17) is 0 Å². The molecule has 0 atom stereocenters. The van der Waals surface area contributed by atoms with Gasteiger partial charge in [0.15, 0.2) is 0 Å². The molecule has 2 fully saturated rings. The highest BCUT2D eigenvalue weighted by atomic mass is 16.2. The minimum absolute atomic E-state index is 0.000375. The normalized spacial score (nSPS) is 16.9. The molecule has 0 unspecified atom stereocenters. The van der Waals surface area contributed by atoms with Crippen molar-refractivity contribution in [2.75, 3.05) is 13.1 Å². The minimum Gasteiger partial charge on any atom is -0.349 e. The molecule has 1 aliphatic heterocycles. The molecule has 2 aliphatic rings. The van der Waals surface area contributed by atoms with Gasteiger partial charge in [-0.2, -0.15) is 10.2 Å². The van der Waals surface area contributed by atoms with Gasteiger partial charge >= 0.3 is 0 Å². The predicted molar refractivity (Wildman–Crippen MR) is 124 cm³/mol. The Kier molecular flexibility index (Phi) is 5.37. The first-order valence-corrected chi connectivity index (χ1v) is 11.4. The number of amides is 2. The molecule has 6 heteroatoms. The van der Waals surface area contributed by atoms with Crippen LogP contribution in [0, 0.1) is 6.92 Å². The molecule has 0 bridgehead atoms. The molecule has 164 valence electrons. The number of aromatic nitrogens is 2. The average Bonchev–Trinajstić information content (AvgIpc) is 3.62. The van der Waals surface area contributed by atoms with Crippen molar-refractivity contribution in [1.82, 2.24) is 20.4 Å². The van der Waals surface area contributed by atoms with Crippen LogP contribution in [-0.4, -0.2) is 46.0 Å². The molecule has 2 amide bonds. The summed E-state index contributed by atoms with van der Waals surface area (Å²) in [5, 5.41) is 14.0. The van der Waals surface area contributed by atoms with Crippen LogP contribution in [0.1, 0.15) is 60.1 Å². The molecule has 6 nitrogen and oxygen atoms in total. The van der Waals surface area contributed by atoms with Crippen molar-refractivity contribution in [1.29, 1.82) is 0 Å². The van der Waals surface area contributed by atoms with Gasteiger partial charge in [0, 0.05) is 48.3 Å². The summed E-state index contributed by atoms with van der Waals surface area (Å²) in [6, 6.07) is 12.6. The fourth-order valence-corrected chi connectivity index (χ4v) is 4.62. The van der Waals surface area contributed by atoms with Crippen molar-refractivity contribution in [3.8, 4) is 11.1 Å². The monoisotopic (exact) mass is 428 g/mol. The Balaban J connectivity index is 1.44. The third-order valence-electron chi connectivity index (χ3n) is 6.74. The number of likely N-dealkylation sites (tertiary alicyclic amines) is 1. The molecule has 1 saturated heterocycles. The number of fused-ring (bicyclic) bond motifs is 1. The summed E-state index contributed by atoms with van der Waals surface area (Å²) < 4.78 is 0. The molecular weight excluding hydrogens is 400 g/mol. The second kappa shape index (κ2) is 8.34. The van der Waals surface area contributed by atoms with Gasteiger partial charge in [0.2, 0.25) is 5.91 Å². The van der Waals surface area contributed by atoms with E-state index in [1.165, 1.54) is 0 Å². The molecule has 1 saturated carbocycles. The molecule has 1 N–H and O–H groups in total. The molecule has 3 aromatic rings. The Hall–Kier alpha value is -3.28. The average molecular weight is 429 g/mol. The maximum atomic E-state index is 12.5. The largest absolute Gasteiger partial charge is 0.349 e. The van der Waals surface area contributed by atoms with E-state index in [0.29, 0.717) is 17.5 Å². The molecule has 2 heterocycles. The summed E-state index contributed by atoms with van der Waals surface area (Å²) >= 11 is 0. The van der Waals surface area contributed by atoms with Crippen LogP contribution in [-0.2, 0) is 4.79 Å². The van der Waals surface area contributed by atoms with Crippen LogP contribution in [0.25, 0.3) is 21.9 Å². The zero-order valence-corrected chi connectivity index (χ0v) is 18.6. The first kappa shape index (κ1) is 20.6. The Labute approximate surface area is 188 Å². The van der Waals surface area contributed by atoms with E-state index in [2.05, 4.69) is 40.6 Å². The maximum absolute atomic E-state index is 12.5. The van der Waals surface area contributed by atoms with E-state index in [9.17, 15) is 9.59 Å². The number of nitrogens with one attached hydrogen (secondary N) is 1. The first-order valence-electron chi connectivity index (χ1n) is 11.4. The third kappa shape index (κ3) is 4.09. The molecular formula is C26H28N4O2. The summed E-state index contributed by atoms with van der Waals surface area (Å²) in [7, 11) is 0. The second-order valence-corrected chi connectivity index (χ2v) is 9.09. The van der Waals surface area contributed by atoms with Gasteiger partial charge in [0.05, 0.1) is 11.9 Å². The summed E-state index contributed by atoms with van der Waals surface area (Å²) in [6.07, 6.45) is 5.78. The van der Waals surface area contributed by atoms with Crippen LogP contribution in [0.5, 0.6) is 0 Å². The van der Waals surface area contributed by atoms with Crippen molar-refractivity contribution in [3.63, 3.8) is 0 Å². The highest BCUT2D eigenvalue weighted by Crippen LogP contribution is 2.34. The maximum Gasteiger partial charge on any atom is 0.251 e. The summed E-state index contributed by atoms with van der Waals surface area (Å²) in [4.78, 5) is 26.1. The number of hydrogen-bond acceptors (Lipinski definition) is 4. The van der Waals surface area contributed by atoms with Gasteiger partial charge in [-0.1, -0.05) is 18.2 Å². The molecule has 0 radical (unpaired) electrons. The molecule has 5 rings (SSSR count). The Morgan fingerprint density at radius 1 is 1.03 bits per heavy atom. The van der Waals surface area contributed by atoms with E-state index in [0.717, 1.165) is 71.9 Å². The Bertz CT molecular complexity index is 1190. The van der Waals surface area contributed by atoms with Crippen LogP contribution in [0.15, 0.2) is 42.6 Å². The van der Waals surface area contributed by atoms with Gasteiger partial charge in [-0.25, -0.2) is 0 Å². The van der Waals surface area contributed by atoms with Crippen molar-refractivity contribution in [2.24, 2.45) is 0 Å². The van der Waals surface area contributed by atoms with Crippen LogP contribution in [0.2, 0.25) is 0 Å². The number of aryl methyl sites for hydroxylation is 1. The number of carbonyl (C=O) groups is 2. The number of rotatable bonds is 4. The lowest BCUT2D eigenvalue weighted by molar-refractivity contribution is -0.129. The first-order chi connectivity index (χ1) is 15.5. The highest BCUT2D eigenvalue weighted by Gasteiger charge is 2.25. The lowest BCUT2D eigenvalue weighted by atomic mass is 9.89. The van der Waals surface area contributed by atoms with E-state index < -0.39 is 0 Å². The van der Waals surface area contributed by atoms with Crippen LogP contribution in [0.4, 0.5) is 0 Å². The summed E-state index contributed by atoms with van der Waals surface area (Å²) in [6.45, 7) is 5.24. The van der Waals surface area contributed by atoms with E-state index in [1.807, 2.05) is 29.3 Å². The van der Waals surface area contributed by atoms with Crippen molar-refractivity contribution >= 4 is 22.6 Å². The number of carbonyl (C=O) groups excluding carboxylic acids is 2. The number of hydrogen-bond donors (Lipinski definition) is 1. The molecule has 2 aromatic carbocycles. The number of benzene rings is 2. The van der Waals surface area contributed by atoms with Crippen LogP contribution in [0.3, 0.4) is 0 Å². The molecule has 1 aliphatic carbocycles. The molecule has 1 aromatic heterocycles. The topological polar surface area (TPSA) is 75.2 Å². The molecule has 32 heavy (non-hydrogen) atoms. The summed E-state index contributed by atoms with van der Waals surface area (Å²) in [5.41, 5.74) is 4.98. The van der Waals surface area contributed by atoms with Gasteiger partial charge in [-0.15, -0.1) is 0 Å². The van der Waals surface area contributed by atoms with E-state index in [1.54, 1.807) is 6.92 Å². The number of piperidine rings is 1. The fourth-order valence-electron chi connectivity index (χ4n) is 4.62. The fraction of sp³-hybridized carbons (Fsp3) is 0.385. The quantitative estimate of drug-likeness (QED) is 0.675. The standard InChI is InChI=1S/C26H28N4O2/c1-16-3-4-20(26(32)28-22-6-7-22)14-24(16)19-5-8-23-21(13-19)15-27-29-25(23)18-9-11-30(12-10-18)17(2)31/h3-5,8,13-15,18,22H,6-7,9-12H2,1-2H3,(H,28,32).